The molecule has 0 aliphatic carbocycles. The minimum Gasteiger partial charge on any atom is -0.285 e. The lowest BCUT2D eigenvalue weighted by Crippen LogP contribution is -2.27. The van der Waals surface area contributed by atoms with E-state index in [-0.39, 0.29) is 0 Å². The second-order valence-electron chi connectivity index (χ2n) is 2.05. The van der Waals surface area contributed by atoms with Gasteiger partial charge in [0.2, 0.25) is 0 Å². The molecule has 2 amide bonds. The molecule has 0 aromatic heterocycles. The maximum atomic E-state index is 10.5. The third-order valence-electron chi connectivity index (χ3n) is 1.23. The van der Waals surface area contributed by atoms with Crippen LogP contribution in [0.2, 0.25) is 0 Å². The molecule has 0 spiro atoms. The van der Waals surface area contributed by atoms with E-state index in [2.05, 4.69) is 5.32 Å². The fourth-order valence-electron chi connectivity index (χ4n) is 0.719. The Morgan fingerprint density at radius 1 is 1.45 bits per heavy atom. The number of imide groups is 1. The van der Waals surface area contributed by atoms with Gasteiger partial charge >= 0.3 is 0 Å². The summed E-state index contributed by atoms with van der Waals surface area (Å²) in [6.07, 6.45) is -0.544. The number of carbonyl (C=O) groups excluding carboxylic acids is 2. The highest BCUT2D eigenvalue weighted by Crippen LogP contribution is 2.11. The number of rotatable bonds is 1. The van der Waals surface area contributed by atoms with Crippen molar-refractivity contribution in [1.29, 1.82) is 0 Å². The van der Waals surface area contributed by atoms with Gasteiger partial charge in [-0.25, -0.2) is 0 Å². The van der Waals surface area contributed by atoms with Crippen molar-refractivity contribution in [3.8, 4) is 0 Å². The monoisotopic (exact) mass is 178 g/mol. The standard InChI is InChI=1S/C4H4NO5S/c6-3-1-2(4(7)5-3)11(8,9)10/h2H,1H2,(H,8,9,10). The van der Waals surface area contributed by atoms with Crippen LogP contribution in [-0.4, -0.2) is 30.0 Å². The number of hydrogen-bond acceptors (Lipinski definition) is 4. The molecule has 1 aliphatic heterocycles. The first-order chi connectivity index (χ1) is 4.91. The molecule has 1 rings (SSSR count). The normalized spacial score (nSPS) is 25.4. The van der Waals surface area contributed by atoms with Crippen molar-refractivity contribution in [2.75, 3.05) is 0 Å². The average molecular weight is 178 g/mol. The van der Waals surface area contributed by atoms with E-state index >= 15 is 0 Å². The van der Waals surface area contributed by atoms with Crippen LogP contribution in [0.5, 0.6) is 0 Å². The van der Waals surface area contributed by atoms with Crippen molar-refractivity contribution in [3.63, 3.8) is 0 Å². The molecule has 61 valence electrons. The van der Waals surface area contributed by atoms with Gasteiger partial charge in [-0.2, -0.15) is 13.7 Å². The summed E-state index contributed by atoms with van der Waals surface area (Å²) in [7, 11) is -4.45. The largest absolute Gasteiger partial charge is 0.285 e. The minimum absolute atomic E-state index is 0.544. The molecule has 1 radical (unpaired) electrons. The SMILES string of the molecule is O=C1CC(S(=O)(=O)O)C(=O)[N]1. The summed E-state index contributed by atoms with van der Waals surface area (Å²) in [5.74, 6) is -1.89. The van der Waals surface area contributed by atoms with Gasteiger partial charge in [0.25, 0.3) is 21.9 Å². The van der Waals surface area contributed by atoms with Crippen LogP contribution >= 0.6 is 0 Å². The molecular formula is C4H4NO5S. The van der Waals surface area contributed by atoms with Crippen molar-refractivity contribution in [2.24, 2.45) is 0 Å². The molecular weight excluding hydrogens is 174 g/mol. The molecule has 0 saturated carbocycles. The van der Waals surface area contributed by atoms with Gasteiger partial charge in [-0.3, -0.25) is 14.1 Å². The fourth-order valence-corrected chi connectivity index (χ4v) is 1.38. The van der Waals surface area contributed by atoms with Gasteiger partial charge in [-0.1, -0.05) is 0 Å². The first kappa shape index (κ1) is 8.15. The molecule has 1 aliphatic rings. The van der Waals surface area contributed by atoms with Crippen LogP contribution in [0.1, 0.15) is 6.42 Å². The summed E-state index contributed by atoms with van der Waals surface area (Å²) in [5.41, 5.74) is 0. The predicted octanol–water partition coefficient (Wildman–Crippen LogP) is -1.70. The number of carbonyl (C=O) groups is 2. The van der Waals surface area contributed by atoms with Crippen molar-refractivity contribution in [1.82, 2.24) is 5.32 Å². The summed E-state index contributed by atoms with van der Waals surface area (Å²) in [5, 5.41) is 1.15. The number of amides is 2. The Balaban J connectivity index is 2.94. The zero-order valence-corrected chi connectivity index (χ0v) is 6.04. The molecule has 0 bridgehead atoms. The van der Waals surface area contributed by atoms with E-state index in [1.54, 1.807) is 0 Å². The Morgan fingerprint density at radius 2 is 2.00 bits per heavy atom. The molecule has 7 heteroatoms. The van der Waals surface area contributed by atoms with Crippen LogP contribution in [-0.2, 0) is 19.7 Å². The Labute approximate surface area is 62.3 Å². The zero-order chi connectivity index (χ0) is 8.65. The highest BCUT2D eigenvalue weighted by molar-refractivity contribution is 7.87. The molecule has 1 unspecified atom stereocenters. The van der Waals surface area contributed by atoms with E-state index in [9.17, 15) is 18.0 Å². The first-order valence-corrected chi connectivity index (χ1v) is 4.16. The minimum atomic E-state index is -4.45. The topological polar surface area (TPSA) is 103 Å². The lowest BCUT2D eigenvalue weighted by molar-refractivity contribution is -0.125. The van der Waals surface area contributed by atoms with E-state index in [0.29, 0.717) is 0 Å². The molecule has 1 saturated heterocycles. The van der Waals surface area contributed by atoms with Crippen LogP contribution in [0.4, 0.5) is 0 Å². The van der Waals surface area contributed by atoms with E-state index in [1.165, 1.54) is 0 Å². The quantitative estimate of drug-likeness (QED) is 0.381. The molecule has 1 N–H and O–H groups in total. The van der Waals surface area contributed by atoms with E-state index in [0.717, 1.165) is 0 Å². The van der Waals surface area contributed by atoms with Gasteiger partial charge in [-0.05, 0) is 0 Å². The van der Waals surface area contributed by atoms with Gasteiger partial charge in [-0.15, -0.1) is 0 Å². The maximum absolute atomic E-state index is 10.5. The third kappa shape index (κ3) is 1.55. The van der Waals surface area contributed by atoms with Crippen molar-refractivity contribution in [2.45, 2.75) is 11.7 Å². The summed E-state index contributed by atoms with van der Waals surface area (Å²) in [4.78, 5) is 20.9. The van der Waals surface area contributed by atoms with Gasteiger partial charge in [0.15, 0.2) is 5.25 Å². The molecule has 1 fully saturated rings. The highest BCUT2D eigenvalue weighted by Gasteiger charge is 2.41. The van der Waals surface area contributed by atoms with Crippen molar-refractivity contribution >= 4 is 21.9 Å². The summed E-state index contributed by atoms with van der Waals surface area (Å²) in [6.45, 7) is 0. The molecule has 1 heterocycles. The smallest absolute Gasteiger partial charge is 0.277 e. The second kappa shape index (κ2) is 2.28. The Bertz CT molecular complexity index is 304. The summed E-state index contributed by atoms with van der Waals surface area (Å²) >= 11 is 0. The first-order valence-electron chi connectivity index (χ1n) is 2.66. The second-order valence-corrected chi connectivity index (χ2v) is 3.65. The van der Waals surface area contributed by atoms with E-state index < -0.39 is 33.6 Å². The third-order valence-corrected chi connectivity index (χ3v) is 2.32. The van der Waals surface area contributed by atoms with Gasteiger partial charge in [0, 0.05) is 0 Å². The summed E-state index contributed by atoms with van der Waals surface area (Å²) < 4.78 is 29.0. The van der Waals surface area contributed by atoms with Crippen LogP contribution in [0.25, 0.3) is 0 Å². The summed E-state index contributed by atoms with van der Waals surface area (Å²) in [6, 6.07) is 0. The van der Waals surface area contributed by atoms with E-state index in [1.807, 2.05) is 0 Å². The molecule has 11 heavy (non-hydrogen) atoms. The predicted molar refractivity (Wildman–Crippen MR) is 32.1 cm³/mol. The van der Waals surface area contributed by atoms with Gasteiger partial charge < -0.3 is 0 Å². The Morgan fingerprint density at radius 3 is 2.18 bits per heavy atom. The molecule has 0 aromatic carbocycles. The van der Waals surface area contributed by atoms with Crippen molar-refractivity contribution < 1.29 is 22.6 Å². The van der Waals surface area contributed by atoms with E-state index in [4.69, 9.17) is 4.55 Å². The fraction of sp³-hybridized carbons (Fsp3) is 0.500. The van der Waals surface area contributed by atoms with Crippen molar-refractivity contribution in [3.05, 3.63) is 0 Å². The zero-order valence-electron chi connectivity index (χ0n) is 5.22. The molecule has 0 aromatic rings. The van der Waals surface area contributed by atoms with Gasteiger partial charge in [0.1, 0.15) is 0 Å². The van der Waals surface area contributed by atoms with Crippen LogP contribution in [0.3, 0.4) is 0 Å². The maximum Gasteiger partial charge on any atom is 0.277 e. The lowest BCUT2D eigenvalue weighted by atomic mass is 10.4. The van der Waals surface area contributed by atoms with Crippen LogP contribution in [0.15, 0.2) is 0 Å². The van der Waals surface area contributed by atoms with Crippen LogP contribution in [0, 0.1) is 0 Å². The van der Waals surface area contributed by atoms with Crippen LogP contribution < -0.4 is 5.32 Å². The Hall–Kier alpha value is -0.950. The Kier molecular flexibility index (Phi) is 1.69. The average Bonchev–Trinajstić information content (AvgIpc) is 2.08. The molecule has 1 atom stereocenters. The lowest BCUT2D eigenvalue weighted by Gasteiger charge is -1.97. The highest BCUT2D eigenvalue weighted by atomic mass is 32.2. The van der Waals surface area contributed by atoms with Gasteiger partial charge in [0.05, 0.1) is 6.42 Å². The number of hydrogen-bond donors (Lipinski definition) is 1. The number of nitrogens with zero attached hydrogens (tertiary/aromatic N) is 1. The molecule has 6 nitrogen and oxygen atoms in total.